The summed E-state index contributed by atoms with van der Waals surface area (Å²) in [5.41, 5.74) is 2.08. The number of aromatic nitrogens is 2. The van der Waals surface area contributed by atoms with Crippen LogP contribution in [0.5, 0.6) is 0 Å². The van der Waals surface area contributed by atoms with E-state index in [0.717, 1.165) is 22.4 Å². The molecule has 4 rings (SSSR count). The minimum Gasteiger partial charge on any atom is -0.459 e. The first-order valence-corrected chi connectivity index (χ1v) is 7.38. The van der Waals surface area contributed by atoms with Crippen molar-refractivity contribution in [2.24, 2.45) is 0 Å². The number of pyridine rings is 1. The Hall–Kier alpha value is -3.26. The number of nitrogens with one attached hydrogen (secondary N) is 1. The minimum absolute atomic E-state index is 0.0978. The predicted molar refractivity (Wildman–Crippen MR) is 88.2 cm³/mol. The third-order valence-electron chi connectivity index (χ3n) is 3.86. The van der Waals surface area contributed by atoms with Crippen molar-refractivity contribution in [1.29, 1.82) is 5.26 Å². The van der Waals surface area contributed by atoms with Gasteiger partial charge in [0.2, 0.25) is 0 Å². The van der Waals surface area contributed by atoms with Gasteiger partial charge in [-0.25, -0.2) is 4.98 Å². The van der Waals surface area contributed by atoms with E-state index in [0.29, 0.717) is 11.5 Å². The van der Waals surface area contributed by atoms with Gasteiger partial charge in [-0.05, 0) is 31.2 Å². The summed E-state index contributed by atoms with van der Waals surface area (Å²) in [6.07, 6.45) is 1.83. The molecule has 0 amide bonds. The Morgan fingerprint density at radius 2 is 2.04 bits per heavy atom. The third kappa shape index (κ3) is 2.21. The van der Waals surface area contributed by atoms with E-state index < -0.39 is 0 Å². The van der Waals surface area contributed by atoms with Gasteiger partial charge in [-0.1, -0.05) is 24.3 Å². The van der Waals surface area contributed by atoms with Crippen LogP contribution in [0.4, 0.5) is 5.82 Å². The summed E-state index contributed by atoms with van der Waals surface area (Å²) in [6, 6.07) is 17.7. The molecule has 1 N–H and O–H groups in total. The second kappa shape index (κ2) is 5.18. The van der Waals surface area contributed by atoms with Gasteiger partial charge in [-0.2, -0.15) is 5.26 Å². The molecule has 0 radical (unpaired) electrons. The Labute approximate surface area is 132 Å². The van der Waals surface area contributed by atoms with Crippen molar-refractivity contribution in [1.82, 2.24) is 9.38 Å². The van der Waals surface area contributed by atoms with Gasteiger partial charge < -0.3 is 9.73 Å². The number of nitriles is 1. The minimum atomic E-state index is -0.0978. The first kappa shape index (κ1) is 13.4. The number of benzene rings is 1. The lowest BCUT2D eigenvalue weighted by molar-refractivity contribution is 0.525. The Kier molecular flexibility index (Phi) is 3.02. The number of anilines is 1. The van der Waals surface area contributed by atoms with Crippen LogP contribution < -0.4 is 5.32 Å². The fraction of sp³-hybridized carbons (Fsp3) is 0.111. The predicted octanol–water partition coefficient (Wildman–Crippen LogP) is 4.13. The largest absolute Gasteiger partial charge is 0.459 e. The molecule has 0 aliphatic heterocycles. The molecule has 3 aromatic heterocycles. The first-order valence-electron chi connectivity index (χ1n) is 7.38. The summed E-state index contributed by atoms with van der Waals surface area (Å²) in [6.45, 7) is 1.99. The summed E-state index contributed by atoms with van der Waals surface area (Å²) in [5, 5.41) is 13.8. The highest BCUT2D eigenvalue weighted by atomic mass is 16.3. The summed E-state index contributed by atoms with van der Waals surface area (Å²) in [4.78, 5) is 4.49. The normalized spacial score (nSPS) is 12.3. The maximum atomic E-state index is 9.43. The Bertz CT molecular complexity index is 1000. The van der Waals surface area contributed by atoms with Gasteiger partial charge in [0.05, 0.1) is 6.04 Å². The SMILES string of the molecule is C[C@@H](Nc1nc2ccccn2c1C#N)c1cc2ccccc2o1. The fourth-order valence-corrected chi connectivity index (χ4v) is 2.70. The highest BCUT2D eigenvalue weighted by Crippen LogP contribution is 2.27. The molecule has 0 unspecified atom stereocenters. The smallest absolute Gasteiger partial charge is 0.168 e. The number of rotatable bonds is 3. The molecule has 0 fully saturated rings. The fourth-order valence-electron chi connectivity index (χ4n) is 2.70. The van der Waals surface area contributed by atoms with Crippen molar-refractivity contribution in [2.75, 3.05) is 5.32 Å². The van der Waals surface area contributed by atoms with Crippen molar-refractivity contribution in [3.8, 4) is 6.07 Å². The first-order chi connectivity index (χ1) is 11.3. The average molecular weight is 302 g/mol. The number of imidazole rings is 1. The second-order valence-electron chi connectivity index (χ2n) is 5.40. The van der Waals surface area contributed by atoms with Crippen molar-refractivity contribution >= 4 is 22.4 Å². The zero-order chi connectivity index (χ0) is 15.8. The van der Waals surface area contributed by atoms with E-state index in [4.69, 9.17) is 4.42 Å². The molecule has 0 bridgehead atoms. The van der Waals surface area contributed by atoms with Crippen LogP contribution in [0.3, 0.4) is 0 Å². The maximum absolute atomic E-state index is 9.43. The summed E-state index contributed by atoms with van der Waals surface area (Å²) in [5.74, 6) is 1.37. The Morgan fingerprint density at radius 3 is 2.87 bits per heavy atom. The number of para-hydroxylation sites is 1. The Morgan fingerprint density at radius 1 is 1.22 bits per heavy atom. The zero-order valence-electron chi connectivity index (χ0n) is 12.5. The summed E-state index contributed by atoms with van der Waals surface area (Å²) >= 11 is 0. The molecule has 5 nitrogen and oxygen atoms in total. The number of hydrogen-bond acceptors (Lipinski definition) is 4. The number of hydrogen-bond donors (Lipinski definition) is 1. The van der Waals surface area contributed by atoms with E-state index in [9.17, 15) is 5.26 Å². The van der Waals surface area contributed by atoms with Crippen LogP contribution in [0.1, 0.15) is 24.4 Å². The lowest BCUT2D eigenvalue weighted by Gasteiger charge is -2.10. The molecule has 3 heterocycles. The molecular formula is C18H14N4O. The third-order valence-corrected chi connectivity index (χ3v) is 3.86. The second-order valence-corrected chi connectivity index (χ2v) is 5.40. The average Bonchev–Trinajstić information content (AvgIpc) is 3.15. The molecular weight excluding hydrogens is 288 g/mol. The van der Waals surface area contributed by atoms with Crippen LogP contribution >= 0.6 is 0 Å². The topological polar surface area (TPSA) is 66.3 Å². The summed E-state index contributed by atoms with van der Waals surface area (Å²) in [7, 11) is 0. The van der Waals surface area contributed by atoms with E-state index in [1.54, 1.807) is 4.40 Å². The molecule has 0 saturated heterocycles. The number of nitrogens with zero attached hydrogens (tertiary/aromatic N) is 3. The molecule has 0 aliphatic carbocycles. The van der Waals surface area contributed by atoms with E-state index >= 15 is 0 Å². The van der Waals surface area contributed by atoms with Crippen LogP contribution in [0.25, 0.3) is 16.6 Å². The lowest BCUT2D eigenvalue weighted by Crippen LogP contribution is -2.07. The van der Waals surface area contributed by atoms with Crippen molar-refractivity contribution in [2.45, 2.75) is 13.0 Å². The highest BCUT2D eigenvalue weighted by molar-refractivity contribution is 5.78. The maximum Gasteiger partial charge on any atom is 0.168 e. The van der Waals surface area contributed by atoms with Crippen LogP contribution in [0.2, 0.25) is 0 Å². The van der Waals surface area contributed by atoms with Crippen LogP contribution in [-0.4, -0.2) is 9.38 Å². The molecule has 5 heteroatoms. The van der Waals surface area contributed by atoms with Crippen molar-refractivity contribution in [3.63, 3.8) is 0 Å². The van der Waals surface area contributed by atoms with Crippen LogP contribution in [-0.2, 0) is 0 Å². The van der Waals surface area contributed by atoms with Gasteiger partial charge in [0.15, 0.2) is 11.5 Å². The molecule has 0 aliphatic rings. The van der Waals surface area contributed by atoms with Gasteiger partial charge in [0.25, 0.3) is 0 Å². The molecule has 1 atom stereocenters. The van der Waals surface area contributed by atoms with E-state index in [2.05, 4.69) is 16.4 Å². The number of furan rings is 1. The van der Waals surface area contributed by atoms with Gasteiger partial charge >= 0.3 is 0 Å². The van der Waals surface area contributed by atoms with Crippen molar-refractivity contribution < 1.29 is 4.42 Å². The van der Waals surface area contributed by atoms with Gasteiger partial charge in [0, 0.05) is 11.6 Å². The molecule has 23 heavy (non-hydrogen) atoms. The number of fused-ring (bicyclic) bond motifs is 2. The monoisotopic (exact) mass is 302 g/mol. The van der Waals surface area contributed by atoms with Gasteiger partial charge in [-0.3, -0.25) is 4.40 Å². The molecule has 0 spiro atoms. The van der Waals surface area contributed by atoms with Gasteiger partial charge in [-0.15, -0.1) is 0 Å². The molecule has 112 valence electrons. The molecule has 4 aromatic rings. The standard InChI is InChI=1S/C18H14N4O/c1-12(16-10-13-6-2-3-7-15(13)23-16)20-18-14(11-19)22-9-5-4-8-17(22)21-18/h2-10,12,20H,1H3/t12-/m1/s1. The van der Waals surface area contributed by atoms with Crippen molar-refractivity contribution in [3.05, 3.63) is 66.2 Å². The van der Waals surface area contributed by atoms with Crippen LogP contribution in [0, 0.1) is 11.3 Å². The zero-order valence-corrected chi connectivity index (χ0v) is 12.5. The Balaban J connectivity index is 1.71. The van der Waals surface area contributed by atoms with Crippen LogP contribution in [0.15, 0.2) is 59.1 Å². The quantitative estimate of drug-likeness (QED) is 0.618. The molecule has 1 aromatic carbocycles. The summed E-state index contributed by atoms with van der Waals surface area (Å²) < 4.78 is 7.64. The van der Waals surface area contributed by atoms with E-state index in [1.807, 2.05) is 61.7 Å². The molecule has 0 saturated carbocycles. The van der Waals surface area contributed by atoms with E-state index in [-0.39, 0.29) is 6.04 Å². The lowest BCUT2D eigenvalue weighted by atomic mass is 10.2. The van der Waals surface area contributed by atoms with Gasteiger partial charge in [0.1, 0.15) is 23.1 Å². The highest BCUT2D eigenvalue weighted by Gasteiger charge is 2.17. The van der Waals surface area contributed by atoms with E-state index in [1.165, 1.54) is 0 Å².